The third-order valence-corrected chi connectivity index (χ3v) is 3.13. The fourth-order valence-electron chi connectivity index (χ4n) is 2.05. The Labute approximate surface area is 115 Å². The maximum Gasteiger partial charge on any atom is 0.184 e. The maximum atomic E-state index is 13.9. The van der Waals surface area contributed by atoms with Gasteiger partial charge in [-0.3, -0.25) is 4.57 Å². The third-order valence-electron chi connectivity index (χ3n) is 2.84. The highest BCUT2D eigenvalue weighted by molar-refractivity contribution is 7.71. The van der Waals surface area contributed by atoms with Crippen LogP contribution in [0.1, 0.15) is 0 Å². The molecule has 0 fully saturated rings. The van der Waals surface area contributed by atoms with Gasteiger partial charge in [-0.25, -0.2) is 17.6 Å². The first-order valence-corrected chi connectivity index (χ1v) is 5.93. The minimum absolute atomic E-state index is 0.00880. The Morgan fingerprint density at radius 2 is 1.60 bits per heavy atom. The van der Waals surface area contributed by atoms with Crippen LogP contribution >= 0.6 is 12.2 Å². The van der Waals surface area contributed by atoms with Crippen LogP contribution in [0.2, 0.25) is 0 Å². The standard InChI is InChI=1S/C13H6F4N2S/c14-6-3-7(15)5-8(4-6)19-12-10(18-13(19)20)2-1-9(16)11(12)17/h1-5H,(H,18,20). The van der Waals surface area contributed by atoms with Gasteiger partial charge < -0.3 is 4.98 Å². The quantitative estimate of drug-likeness (QED) is 0.526. The smallest absolute Gasteiger partial charge is 0.184 e. The highest BCUT2D eigenvalue weighted by atomic mass is 32.1. The van der Waals surface area contributed by atoms with Crippen LogP contribution in [0.15, 0.2) is 30.3 Å². The number of imidazole rings is 1. The molecule has 1 N–H and O–H groups in total. The summed E-state index contributed by atoms with van der Waals surface area (Å²) in [7, 11) is 0. The summed E-state index contributed by atoms with van der Waals surface area (Å²) in [4.78, 5) is 2.66. The zero-order valence-electron chi connectivity index (χ0n) is 9.75. The van der Waals surface area contributed by atoms with Gasteiger partial charge in [0.1, 0.15) is 17.2 Å². The molecule has 3 rings (SSSR count). The zero-order valence-corrected chi connectivity index (χ0v) is 10.6. The Morgan fingerprint density at radius 3 is 2.25 bits per heavy atom. The van der Waals surface area contributed by atoms with E-state index in [1.807, 2.05) is 0 Å². The summed E-state index contributed by atoms with van der Waals surface area (Å²) in [5.74, 6) is -3.89. The van der Waals surface area contributed by atoms with Crippen molar-refractivity contribution in [2.45, 2.75) is 0 Å². The van der Waals surface area contributed by atoms with Gasteiger partial charge in [-0.1, -0.05) is 0 Å². The van der Waals surface area contributed by atoms with Crippen LogP contribution < -0.4 is 0 Å². The molecular weight excluding hydrogens is 292 g/mol. The molecule has 0 aliphatic carbocycles. The SMILES string of the molecule is Fc1cc(F)cc(-n2c(=S)[nH]c3ccc(F)c(F)c32)c1. The van der Waals surface area contributed by atoms with E-state index in [2.05, 4.69) is 4.98 Å². The highest BCUT2D eigenvalue weighted by Crippen LogP contribution is 2.24. The van der Waals surface area contributed by atoms with Crippen molar-refractivity contribution in [1.82, 2.24) is 9.55 Å². The van der Waals surface area contributed by atoms with Crippen LogP contribution in [0.3, 0.4) is 0 Å². The highest BCUT2D eigenvalue weighted by Gasteiger charge is 2.15. The fourth-order valence-corrected chi connectivity index (χ4v) is 2.35. The number of rotatable bonds is 1. The molecule has 1 aromatic heterocycles. The average molecular weight is 298 g/mol. The van der Waals surface area contributed by atoms with Crippen molar-refractivity contribution in [3.8, 4) is 5.69 Å². The number of hydrogen-bond acceptors (Lipinski definition) is 1. The number of fused-ring (bicyclic) bond motifs is 1. The summed E-state index contributed by atoms with van der Waals surface area (Å²) < 4.78 is 54.8. The lowest BCUT2D eigenvalue weighted by Crippen LogP contribution is -1.99. The molecule has 20 heavy (non-hydrogen) atoms. The van der Waals surface area contributed by atoms with Crippen LogP contribution in [0, 0.1) is 28.0 Å². The first-order chi connectivity index (χ1) is 9.47. The Kier molecular flexibility index (Phi) is 2.86. The molecule has 0 aliphatic heterocycles. The van der Waals surface area contributed by atoms with Crippen molar-refractivity contribution >= 4 is 23.3 Å². The van der Waals surface area contributed by atoms with Gasteiger partial charge in [0.15, 0.2) is 16.4 Å². The lowest BCUT2D eigenvalue weighted by Gasteiger charge is -2.06. The minimum atomic E-state index is -1.14. The molecule has 7 heteroatoms. The molecule has 0 spiro atoms. The van der Waals surface area contributed by atoms with Crippen molar-refractivity contribution in [1.29, 1.82) is 0 Å². The number of aromatic amines is 1. The van der Waals surface area contributed by atoms with Crippen molar-refractivity contribution < 1.29 is 17.6 Å². The number of halogens is 4. The van der Waals surface area contributed by atoms with Crippen LogP contribution in [0.5, 0.6) is 0 Å². The summed E-state index contributed by atoms with van der Waals surface area (Å²) >= 11 is 5.00. The van der Waals surface area contributed by atoms with Gasteiger partial charge in [0.05, 0.1) is 11.2 Å². The number of aromatic nitrogens is 2. The lowest BCUT2D eigenvalue weighted by molar-refractivity contribution is 0.514. The van der Waals surface area contributed by atoms with E-state index < -0.39 is 23.3 Å². The van der Waals surface area contributed by atoms with Crippen molar-refractivity contribution in [2.75, 3.05) is 0 Å². The molecule has 0 radical (unpaired) electrons. The molecule has 102 valence electrons. The van der Waals surface area contributed by atoms with Gasteiger partial charge in [-0.2, -0.15) is 0 Å². The van der Waals surface area contributed by atoms with E-state index in [1.165, 1.54) is 6.07 Å². The van der Waals surface area contributed by atoms with Gasteiger partial charge in [0, 0.05) is 6.07 Å². The summed E-state index contributed by atoms with van der Waals surface area (Å²) in [6, 6.07) is 4.89. The molecule has 0 unspecified atom stereocenters. The van der Waals surface area contributed by atoms with E-state index in [1.54, 1.807) is 0 Å². The second-order valence-corrected chi connectivity index (χ2v) is 4.54. The summed E-state index contributed by atoms with van der Waals surface area (Å²) in [6.45, 7) is 0. The molecule has 3 aromatic rings. The zero-order chi connectivity index (χ0) is 14.4. The van der Waals surface area contributed by atoms with Gasteiger partial charge in [-0.05, 0) is 36.5 Å². The molecule has 2 aromatic carbocycles. The van der Waals surface area contributed by atoms with Gasteiger partial charge >= 0.3 is 0 Å². The van der Waals surface area contributed by atoms with Crippen LogP contribution in [-0.2, 0) is 0 Å². The second-order valence-electron chi connectivity index (χ2n) is 4.15. The molecule has 1 heterocycles. The fraction of sp³-hybridized carbons (Fsp3) is 0. The number of H-pyrrole nitrogens is 1. The Balaban J connectivity index is 2.44. The average Bonchev–Trinajstić information content (AvgIpc) is 2.70. The predicted molar refractivity (Wildman–Crippen MR) is 68.3 cm³/mol. The largest absolute Gasteiger partial charge is 0.330 e. The number of hydrogen-bond donors (Lipinski definition) is 1. The Bertz CT molecular complexity index is 862. The van der Waals surface area contributed by atoms with Crippen LogP contribution in [0.4, 0.5) is 17.6 Å². The maximum absolute atomic E-state index is 13.9. The summed E-state index contributed by atoms with van der Waals surface area (Å²) in [5, 5.41) is 0. The molecule has 0 aliphatic rings. The van der Waals surface area contributed by atoms with Gasteiger partial charge in [0.2, 0.25) is 0 Å². The van der Waals surface area contributed by atoms with Crippen LogP contribution in [0.25, 0.3) is 16.7 Å². The van der Waals surface area contributed by atoms with E-state index in [0.29, 0.717) is 6.07 Å². The molecule has 2 nitrogen and oxygen atoms in total. The lowest BCUT2D eigenvalue weighted by atomic mass is 10.2. The van der Waals surface area contributed by atoms with Gasteiger partial charge in [-0.15, -0.1) is 0 Å². The predicted octanol–water partition coefficient (Wildman–Crippen LogP) is 4.24. The molecular formula is C13H6F4N2S. The third kappa shape index (κ3) is 1.90. The second kappa shape index (κ2) is 4.45. The Morgan fingerprint density at radius 1 is 0.950 bits per heavy atom. The van der Waals surface area contributed by atoms with E-state index in [9.17, 15) is 17.6 Å². The van der Waals surface area contributed by atoms with E-state index in [-0.39, 0.29) is 21.5 Å². The van der Waals surface area contributed by atoms with E-state index >= 15 is 0 Å². The normalized spacial score (nSPS) is 11.2. The van der Waals surface area contributed by atoms with Crippen molar-refractivity contribution in [3.05, 3.63) is 58.4 Å². The van der Waals surface area contributed by atoms with Crippen molar-refractivity contribution in [3.63, 3.8) is 0 Å². The Hall–Kier alpha value is -2.15. The number of nitrogens with one attached hydrogen (secondary N) is 1. The molecule has 0 amide bonds. The monoisotopic (exact) mass is 298 g/mol. The molecule has 0 atom stereocenters. The number of nitrogens with zero attached hydrogens (tertiary/aromatic N) is 1. The first-order valence-electron chi connectivity index (χ1n) is 5.52. The molecule has 0 bridgehead atoms. The molecule has 0 saturated carbocycles. The summed E-state index contributed by atoms with van der Waals surface area (Å²) in [5.41, 5.74) is 0.0156. The van der Waals surface area contributed by atoms with Crippen LogP contribution in [-0.4, -0.2) is 9.55 Å². The summed E-state index contributed by atoms with van der Waals surface area (Å²) in [6.07, 6.45) is 0. The van der Waals surface area contributed by atoms with Crippen molar-refractivity contribution in [2.24, 2.45) is 0 Å². The number of benzene rings is 2. The minimum Gasteiger partial charge on any atom is -0.330 e. The van der Waals surface area contributed by atoms with E-state index in [0.717, 1.165) is 22.8 Å². The van der Waals surface area contributed by atoms with E-state index in [4.69, 9.17) is 12.2 Å². The first kappa shape index (κ1) is 12.9. The van der Waals surface area contributed by atoms with Gasteiger partial charge in [0.25, 0.3) is 0 Å². The topological polar surface area (TPSA) is 20.7 Å². The molecule has 0 saturated heterocycles.